The number of halogens is 1. The summed E-state index contributed by atoms with van der Waals surface area (Å²) in [5, 5.41) is 0.114. The van der Waals surface area contributed by atoms with Crippen LogP contribution in [0.5, 0.6) is 0 Å². The van der Waals surface area contributed by atoms with E-state index in [2.05, 4.69) is 0 Å². The summed E-state index contributed by atoms with van der Waals surface area (Å²) in [5.74, 6) is 0.930. The van der Waals surface area contributed by atoms with E-state index in [9.17, 15) is 0 Å². The molecule has 94 valence electrons. The Morgan fingerprint density at radius 3 is 2.56 bits per heavy atom. The van der Waals surface area contributed by atoms with Crippen molar-refractivity contribution in [3.63, 3.8) is 0 Å². The van der Waals surface area contributed by atoms with Crippen molar-refractivity contribution in [1.29, 1.82) is 0 Å². The van der Waals surface area contributed by atoms with Crippen molar-refractivity contribution in [2.45, 2.75) is 43.3 Å². The van der Waals surface area contributed by atoms with Gasteiger partial charge in [0, 0.05) is 13.7 Å². The molecule has 0 saturated heterocycles. The molecule has 0 amide bonds. The molecule has 0 heterocycles. The van der Waals surface area contributed by atoms with E-state index >= 15 is 0 Å². The number of methoxy groups -OCH3 is 1. The average molecular weight is 249 g/mol. The smallest absolute Gasteiger partial charge is 0.100 e. The predicted octanol–water partition coefficient (Wildman–Crippen LogP) is 2.21. The van der Waals surface area contributed by atoms with Crippen LogP contribution in [0.2, 0.25) is 0 Å². The highest BCUT2D eigenvalue weighted by Gasteiger charge is 2.41. The fourth-order valence-corrected chi connectivity index (χ4v) is 2.37. The Morgan fingerprint density at radius 1 is 1.12 bits per heavy atom. The molecule has 3 atom stereocenters. The number of hydrogen-bond acceptors (Lipinski definition) is 3. The molecule has 0 aromatic carbocycles. The van der Waals surface area contributed by atoms with Gasteiger partial charge in [-0.25, -0.2) is 0 Å². The quantitative estimate of drug-likeness (QED) is 0.487. The molecule has 0 radical (unpaired) electrons. The minimum Gasteiger partial charge on any atom is -0.382 e. The lowest BCUT2D eigenvalue weighted by atomic mass is 9.91. The molecular formula is C12H21ClO3. The zero-order valence-electron chi connectivity index (χ0n) is 9.86. The van der Waals surface area contributed by atoms with Gasteiger partial charge in [-0.2, -0.15) is 0 Å². The summed E-state index contributed by atoms with van der Waals surface area (Å²) in [6.45, 7) is 2.09. The van der Waals surface area contributed by atoms with Crippen LogP contribution in [0.15, 0.2) is 0 Å². The van der Waals surface area contributed by atoms with Crippen molar-refractivity contribution in [2.75, 3.05) is 26.9 Å². The zero-order valence-corrected chi connectivity index (χ0v) is 10.6. The molecule has 2 saturated carbocycles. The number of alkyl halides is 1. The van der Waals surface area contributed by atoms with E-state index < -0.39 is 0 Å². The van der Waals surface area contributed by atoms with E-state index in [0.29, 0.717) is 13.2 Å². The largest absolute Gasteiger partial charge is 0.382 e. The van der Waals surface area contributed by atoms with Gasteiger partial charge in [0.05, 0.1) is 24.7 Å². The Kier molecular flexibility index (Phi) is 4.89. The first-order valence-corrected chi connectivity index (χ1v) is 6.61. The summed E-state index contributed by atoms with van der Waals surface area (Å²) in [6, 6.07) is 0. The first kappa shape index (κ1) is 12.6. The highest BCUT2D eigenvalue weighted by molar-refractivity contribution is 6.21. The first-order chi connectivity index (χ1) is 7.81. The predicted molar refractivity (Wildman–Crippen MR) is 63.0 cm³/mol. The molecule has 2 aliphatic carbocycles. The van der Waals surface area contributed by atoms with Gasteiger partial charge in [-0.1, -0.05) is 12.8 Å². The van der Waals surface area contributed by atoms with Gasteiger partial charge in [-0.15, -0.1) is 11.6 Å². The molecule has 2 aliphatic rings. The maximum atomic E-state index is 6.10. The molecule has 0 aromatic rings. The number of ether oxygens (including phenoxy) is 3. The van der Waals surface area contributed by atoms with E-state index in [4.69, 9.17) is 25.8 Å². The molecule has 0 aromatic heterocycles. The van der Waals surface area contributed by atoms with Crippen molar-refractivity contribution in [3.8, 4) is 0 Å². The minimum absolute atomic E-state index is 0.0658. The topological polar surface area (TPSA) is 27.7 Å². The second kappa shape index (κ2) is 6.20. The second-order valence-corrected chi connectivity index (χ2v) is 5.28. The number of rotatable bonds is 8. The van der Waals surface area contributed by atoms with Crippen LogP contribution in [0, 0.1) is 5.92 Å². The Bertz CT molecular complexity index is 208. The van der Waals surface area contributed by atoms with Gasteiger partial charge in [0.25, 0.3) is 0 Å². The summed E-state index contributed by atoms with van der Waals surface area (Å²) in [4.78, 5) is 0. The fraction of sp³-hybridized carbons (Fsp3) is 1.00. The Balaban J connectivity index is 1.56. The van der Waals surface area contributed by atoms with Crippen LogP contribution in [-0.2, 0) is 14.2 Å². The summed E-state index contributed by atoms with van der Waals surface area (Å²) in [5.41, 5.74) is 0. The monoisotopic (exact) mass is 248 g/mol. The highest BCUT2D eigenvalue weighted by Crippen LogP contribution is 2.35. The normalized spacial score (nSPS) is 33.8. The van der Waals surface area contributed by atoms with Crippen molar-refractivity contribution >= 4 is 11.6 Å². The van der Waals surface area contributed by atoms with Crippen molar-refractivity contribution in [1.82, 2.24) is 0 Å². The molecule has 3 unspecified atom stereocenters. The van der Waals surface area contributed by atoms with Crippen LogP contribution >= 0.6 is 11.6 Å². The van der Waals surface area contributed by atoms with Crippen LogP contribution < -0.4 is 0 Å². The molecule has 0 aliphatic heterocycles. The third-order valence-corrected chi connectivity index (χ3v) is 3.76. The minimum atomic E-state index is 0.0658. The SMILES string of the molecule is COCCOC1C(Cl)CC1OCCC1CC1. The third kappa shape index (κ3) is 3.59. The lowest BCUT2D eigenvalue weighted by Gasteiger charge is -2.40. The fourth-order valence-electron chi connectivity index (χ4n) is 1.96. The molecule has 4 heteroatoms. The summed E-state index contributed by atoms with van der Waals surface area (Å²) in [7, 11) is 1.67. The summed E-state index contributed by atoms with van der Waals surface area (Å²) in [6.07, 6.45) is 5.17. The highest BCUT2D eigenvalue weighted by atomic mass is 35.5. The Morgan fingerprint density at radius 2 is 1.94 bits per heavy atom. The summed E-state index contributed by atoms with van der Waals surface area (Å²) >= 11 is 6.10. The lowest BCUT2D eigenvalue weighted by Crippen LogP contribution is -2.51. The van der Waals surface area contributed by atoms with E-state index in [1.807, 2.05) is 0 Å². The molecule has 2 fully saturated rings. The van der Waals surface area contributed by atoms with Crippen molar-refractivity contribution in [2.24, 2.45) is 5.92 Å². The molecule has 3 nitrogen and oxygen atoms in total. The second-order valence-electron chi connectivity index (χ2n) is 4.72. The number of hydrogen-bond donors (Lipinski definition) is 0. The Labute approximate surface area is 102 Å². The Hall–Kier alpha value is 0.170. The average Bonchev–Trinajstić information content (AvgIpc) is 3.07. The maximum Gasteiger partial charge on any atom is 0.100 e. The molecule has 16 heavy (non-hydrogen) atoms. The van der Waals surface area contributed by atoms with Gasteiger partial charge in [0.15, 0.2) is 0 Å². The summed E-state index contributed by atoms with van der Waals surface area (Å²) < 4.78 is 16.4. The molecule has 0 spiro atoms. The molecule has 0 bridgehead atoms. The molecule has 0 N–H and O–H groups in total. The van der Waals surface area contributed by atoms with Crippen LogP contribution in [0.4, 0.5) is 0 Å². The van der Waals surface area contributed by atoms with Gasteiger partial charge in [-0.3, -0.25) is 0 Å². The van der Waals surface area contributed by atoms with Crippen LogP contribution in [-0.4, -0.2) is 44.5 Å². The van der Waals surface area contributed by atoms with Crippen LogP contribution in [0.3, 0.4) is 0 Å². The zero-order chi connectivity index (χ0) is 11.4. The van der Waals surface area contributed by atoms with Gasteiger partial charge >= 0.3 is 0 Å². The maximum absolute atomic E-state index is 6.10. The van der Waals surface area contributed by atoms with Crippen LogP contribution in [0.1, 0.15) is 25.7 Å². The van der Waals surface area contributed by atoms with Gasteiger partial charge in [0.1, 0.15) is 6.10 Å². The third-order valence-electron chi connectivity index (χ3n) is 3.33. The van der Waals surface area contributed by atoms with Gasteiger partial charge < -0.3 is 14.2 Å². The van der Waals surface area contributed by atoms with E-state index in [-0.39, 0.29) is 17.6 Å². The first-order valence-electron chi connectivity index (χ1n) is 6.17. The van der Waals surface area contributed by atoms with Crippen molar-refractivity contribution < 1.29 is 14.2 Å². The lowest BCUT2D eigenvalue weighted by molar-refractivity contribution is -0.130. The van der Waals surface area contributed by atoms with Crippen molar-refractivity contribution in [3.05, 3.63) is 0 Å². The van der Waals surface area contributed by atoms with E-state index in [0.717, 1.165) is 18.9 Å². The van der Waals surface area contributed by atoms with Gasteiger partial charge in [0.2, 0.25) is 0 Å². The van der Waals surface area contributed by atoms with E-state index in [1.165, 1.54) is 19.3 Å². The van der Waals surface area contributed by atoms with Crippen LogP contribution in [0.25, 0.3) is 0 Å². The molecular weight excluding hydrogens is 228 g/mol. The standard InChI is InChI=1S/C12H21ClO3/c1-14-6-7-16-12-10(13)8-11(12)15-5-4-9-2-3-9/h9-12H,2-8H2,1H3. The molecule has 2 rings (SSSR count). The van der Waals surface area contributed by atoms with Gasteiger partial charge in [-0.05, 0) is 18.8 Å². The van der Waals surface area contributed by atoms with E-state index in [1.54, 1.807) is 7.11 Å².